The summed E-state index contributed by atoms with van der Waals surface area (Å²) in [6.45, 7) is 2.53. The Balaban J connectivity index is 1.81. The zero-order valence-corrected chi connectivity index (χ0v) is 17.0. The Morgan fingerprint density at radius 1 is 1.18 bits per heavy atom. The van der Waals surface area contributed by atoms with Crippen LogP contribution < -0.4 is 14.8 Å². The lowest BCUT2D eigenvalue weighted by Gasteiger charge is -2.11. The number of rotatable bonds is 11. The highest BCUT2D eigenvalue weighted by atomic mass is 35.5. The van der Waals surface area contributed by atoms with E-state index in [2.05, 4.69) is 10.0 Å². The zero-order valence-electron chi connectivity index (χ0n) is 15.4. The minimum atomic E-state index is -3.59. The first kappa shape index (κ1) is 22.2. The summed E-state index contributed by atoms with van der Waals surface area (Å²) in [6.07, 6.45) is 0.498. The van der Waals surface area contributed by atoms with Gasteiger partial charge in [0.2, 0.25) is 10.0 Å². The molecular formula is C19H23ClN2O5S. The van der Waals surface area contributed by atoms with Gasteiger partial charge in [0, 0.05) is 18.1 Å². The van der Waals surface area contributed by atoms with E-state index in [9.17, 15) is 13.2 Å². The summed E-state index contributed by atoms with van der Waals surface area (Å²) >= 11 is 5.78. The third-order valence-corrected chi connectivity index (χ3v) is 5.65. The summed E-state index contributed by atoms with van der Waals surface area (Å²) in [5, 5.41) is 12.1. The van der Waals surface area contributed by atoms with Gasteiger partial charge in [-0.15, -0.1) is 0 Å². The molecule has 0 bridgehead atoms. The number of carboxylic acid groups (broad SMARTS) is 1. The molecule has 9 heteroatoms. The smallest absolute Gasteiger partial charge is 0.320 e. The molecule has 2 aromatic carbocycles. The van der Waals surface area contributed by atoms with Crippen LogP contribution >= 0.6 is 11.6 Å². The third-order valence-electron chi connectivity index (χ3n) is 3.92. The predicted molar refractivity (Wildman–Crippen MR) is 107 cm³/mol. The van der Waals surface area contributed by atoms with Crippen molar-refractivity contribution in [3.63, 3.8) is 0 Å². The molecule has 28 heavy (non-hydrogen) atoms. The van der Waals surface area contributed by atoms with Gasteiger partial charge >= 0.3 is 5.97 Å². The van der Waals surface area contributed by atoms with E-state index in [1.807, 2.05) is 18.2 Å². The Morgan fingerprint density at radius 2 is 1.89 bits per heavy atom. The average molecular weight is 427 g/mol. The highest BCUT2D eigenvalue weighted by Crippen LogP contribution is 2.15. The van der Waals surface area contributed by atoms with Crippen molar-refractivity contribution in [3.05, 3.63) is 59.1 Å². The predicted octanol–water partition coefficient (Wildman–Crippen LogP) is 2.30. The van der Waals surface area contributed by atoms with E-state index in [4.69, 9.17) is 21.4 Å². The van der Waals surface area contributed by atoms with Crippen molar-refractivity contribution in [3.8, 4) is 5.75 Å². The number of ether oxygens (including phenoxy) is 1. The number of aliphatic carboxylic acids is 1. The van der Waals surface area contributed by atoms with Crippen molar-refractivity contribution < 1.29 is 23.1 Å². The van der Waals surface area contributed by atoms with Crippen LogP contribution in [0.3, 0.4) is 0 Å². The lowest BCUT2D eigenvalue weighted by Crippen LogP contribution is -2.36. The summed E-state index contributed by atoms with van der Waals surface area (Å²) in [6, 6.07) is 12.7. The fraction of sp³-hybridized carbons (Fsp3) is 0.316. The molecule has 0 fully saturated rings. The molecule has 3 N–H and O–H groups in total. The number of benzene rings is 2. The van der Waals surface area contributed by atoms with Crippen molar-refractivity contribution in [2.24, 2.45) is 0 Å². The molecule has 7 nitrogen and oxygen atoms in total. The van der Waals surface area contributed by atoms with Crippen LogP contribution in [0.2, 0.25) is 5.02 Å². The Hall–Kier alpha value is -2.13. The van der Waals surface area contributed by atoms with Crippen molar-refractivity contribution in [2.75, 3.05) is 19.7 Å². The molecule has 0 aliphatic heterocycles. The average Bonchev–Trinajstić information content (AvgIpc) is 2.65. The maximum absolute atomic E-state index is 12.3. The van der Waals surface area contributed by atoms with Crippen LogP contribution in [0.4, 0.5) is 0 Å². The molecule has 0 heterocycles. The first-order valence-corrected chi connectivity index (χ1v) is 10.6. The number of hydrogen-bond acceptors (Lipinski definition) is 5. The van der Waals surface area contributed by atoms with Crippen molar-refractivity contribution in [1.82, 2.24) is 10.0 Å². The van der Waals surface area contributed by atoms with Gasteiger partial charge in [0.1, 0.15) is 18.4 Å². The quantitative estimate of drug-likeness (QED) is 0.476. The topological polar surface area (TPSA) is 105 Å². The van der Waals surface area contributed by atoms with Crippen molar-refractivity contribution >= 4 is 27.6 Å². The minimum absolute atomic E-state index is 0.164. The lowest BCUT2D eigenvalue weighted by molar-refractivity contribution is -0.139. The largest absolute Gasteiger partial charge is 0.492 e. The van der Waals surface area contributed by atoms with Crippen molar-refractivity contribution in [1.29, 1.82) is 0 Å². The molecule has 2 aromatic rings. The summed E-state index contributed by atoms with van der Waals surface area (Å²) in [4.78, 5) is 10.9. The van der Waals surface area contributed by atoms with E-state index in [0.717, 1.165) is 5.56 Å². The lowest BCUT2D eigenvalue weighted by atomic mass is 10.1. The van der Waals surface area contributed by atoms with Crippen LogP contribution in [0.15, 0.2) is 53.4 Å². The number of hydrogen-bond donors (Lipinski definition) is 3. The second-order valence-electron chi connectivity index (χ2n) is 6.11. The van der Waals surface area contributed by atoms with Gasteiger partial charge < -0.3 is 15.2 Å². The van der Waals surface area contributed by atoms with Gasteiger partial charge in [-0.05, 0) is 55.3 Å². The summed E-state index contributed by atoms with van der Waals surface area (Å²) in [7, 11) is -3.59. The second kappa shape index (κ2) is 10.4. The summed E-state index contributed by atoms with van der Waals surface area (Å²) in [5.74, 6) is -0.272. The van der Waals surface area contributed by atoms with E-state index in [1.54, 1.807) is 13.0 Å². The number of carboxylic acids is 1. The molecule has 0 aliphatic rings. The first-order valence-electron chi connectivity index (χ1n) is 8.71. The van der Waals surface area contributed by atoms with E-state index in [1.165, 1.54) is 24.3 Å². The van der Waals surface area contributed by atoms with Crippen LogP contribution in [0.5, 0.6) is 5.75 Å². The van der Waals surface area contributed by atoms with Gasteiger partial charge in [0.05, 0.1) is 4.90 Å². The Kier molecular flexibility index (Phi) is 8.25. The van der Waals surface area contributed by atoms with Gasteiger partial charge in [0.15, 0.2) is 0 Å². The maximum Gasteiger partial charge on any atom is 0.320 e. The molecule has 0 aromatic heterocycles. The van der Waals surface area contributed by atoms with E-state index in [-0.39, 0.29) is 11.4 Å². The molecule has 0 saturated heterocycles. The van der Waals surface area contributed by atoms with Crippen LogP contribution in [-0.4, -0.2) is 45.2 Å². The van der Waals surface area contributed by atoms with E-state index in [0.29, 0.717) is 30.3 Å². The molecule has 0 aliphatic carbocycles. The van der Waals surface area contributed by atoms with Gasteiger partial charge in [-0.2, -0.15) is 0 Å². The monoisotopic (exact) mass is 426 g/mol. The maximum atomic E-state index is 12.3. The molecule has 1 atom stereocenters. The molecular weight excluding hydrogens is 404 g/mol. The van der Waals surface area contributed by atoms with Gasteiger partial charge in [-0.25, -0.2) is 13.1 Å². The Bertz CT molecular complexity index is 887. The molecule has 152 valence electrons. The first-order chi connectivity index (χ1) is 13.3. The molecule has 0 unspecified atom stereocenters. The zero-order chi connectivity index (χ0) is 20.6. The summed E-state index contributed by atoms with van der Waals surface area (Å²) < 4.78 is 32.7. The molecule has 0 radical (unpaired) electrons. The number of sulfonamides is 1. The Morgan fingerprint density at radius 3 is 2.57 bits per heavy atom. The number of carbonyl (C=O) groups is 1. The molecule has 0 saturated carbocycles. The number of nitrogens with one attached hydrogen (secondary N) is 2. The van der Waals surface area contributed by atoms with Crippen LogP contribution in [0.1, 0.15) is 12.5 Å². The third kappa shape index (κ3) is 7.12. The summed E-state index contributed by atoms with van der Waals surface area (Å²) in [5.41, 5.74) is 0.920. The van der Waals surface area contributed by atoms with Crippen LogP contribution in [0, 0.1) is 0 Å². The SMILES string of the molecule is C[C@H](NCCOc1cccc(CCNS(=O)(=O)c2ccc(Cl)cc2)c1)C(=O)O. The van der Waals surface area contributed by atoms with E-state index >= 15 is 0 Å². The van der Waals surface area contributed by atoms with Crippen LogP contribution in [-0.2, 0) is 21.2 Å². The van der Waals surface area contributed by atoms with E-state index < -0.39 is 22.0 Å². The normalized spacial score (nSPS) is 12.5. The second-order valence-corrected chi connectivity index (χ2v) is 8.31. The fourth-order valence-corrected chi connectivity index (χ4v) is 3.51. The standard InChI is InChI=1S/C19H23ClN2O5S/c1-14(19(23)24)21-11-12-27-17-4-2-3-15(13-17)9-10-22-28(25,26)18-7-5-16(20)6-8-18/h2-8,13-14,21-22H,9-12H2,1H3,(H,23,24)/t14-/m0/s1. The van der Waals surface area contributed by atoms with Gasteiger partial charge in [-0.3, -0.25) is 4.79 Å². The number of halogens is 1. The van der Waals surface area contributed by atoms with Crippen molar-refractivity contribution in [2.45, 2.75) is 24.3 Å². The molecule has 2 rings (SSSR count). The Labute approximate surface area is 169 Å². The van der Waals surface area contributed by atoms with Crippen LogP contribution in [0.25, 0.3) is 0 Å². The fourth-order valence-electron chi connectivity index (χ4n) is 2.35. The molecule has 0 amide bonds. The van der Waals surface area contributed by atoms with Gasteiger partial charge in [0.25, 0.3) is 0 Å². The van der Waals surface area contributed by atoms with Gasteiger partial charge in [-0.1, -0.05) is 23.7 Å². The highest BCUT2D eigenvalue weighted by molar-refractivity contribution is 7.89. The molecule has 0 spiro atoms. The highest BCUT2D eigenvalue weighted by Gasteiger charge is 2.13. The minimum Gasteiger partial charge on any atom is -0.492 e.